The van der Waals surface area contributed by atoms with Gasteiger partial charge in [-0.3, -0.25) is 14.7 Å². The molecule has 52 heavy (non-hydrogen) atoms. The van der Waals surface area contributed by atoms with Gasteiger partial charge in [0.1, 0.15) is 18.1 Å². The number of anilines is 1. The number of benzene rings is 2. The average molecular weight is 751 g/mol. The molecule has 0 saturated heterocycles. The van der Waals surface area contributed by atoms with E-state index in [2.05, 4.69) is 37.8 Å². The van der Waals surface area contributed by atoms with Gasteiger partial charge in [-0.15, -0.1) is 0 Å². The van der Waals surface area contributed by atoms with Crippen LogP contribution in [0.1, 0.15) is 102 Å². The molecular formula is C40H58N4O6SSi. The summed E-state index contributed by atoms with van der Waals surface area (Å²) < 4.78 is 49.1. The molecule has 3 aromatic rings. The SMILES string of the molecule is CCCCC1=NC2(CCCC2)C(=O)N1Cc1ccc(-c2ccccc2S(=O)(=O)N(COC(C)[Si](C)(C)C)c2onc(C)c2C)c(COC(C)(C)C)c1. The van der Waals surface area contributed by atoms with E-state index in [1.165, 1.54) is 4.31 Å². The van der Waals surface area contributed by atoms with E-state index in [0.29, 0.717) is 23.4 Å². The van der Waals surface area contributed by atoms with Gasteiger partial charge in [0.15, 0.2) is 0 Å². The number of sulfonamides is 1. The normalized spacial score (nSPS) is 16.9. The topological polar surface area (TPSA) is 115 Å². The minimum Gasteiger partial charge on any atom is -0.371 e. The molecule has 0 bridgehead atoms. The molecule has 12 heteroatoms. The number of aliphatic imine (C=N–C) groups is 1. The van der Waals surface area contributed by atoms with Gasteiger partial charge in [-0.25, -0.2) is 12.7 Å². The number of carbonyl (C=O) groups is 1. The summed E-state index contributed by atoms with van der Waals surface area (Å²) in [6.45, 7) is 20.7. The molecule has 2 heterocycles. The second-order valence-electron chi connectivity index (χ2n) is 16.5. The Kier molecular flexibility index (Phi) is 11.9. The number of ether oxygens (including phenoxy) is 2. The summed E-state index contributed by atoms with van der Waals surface area (Å²) in [5, 5.41) is 4.08. The van der Waals surface area contributed by atoms with Gasteiger partial charge < -0.3 is 14.0 Å². The first-order valence-corrected chi connectivity index (χ1v) is 23.7. The van der Waals surface area contributed by atoms with Crippen LogP contribution in [-0.2, 0) is 37.4 Å². The molecule has 1 atom stereocenters. The molecule has 1 fully saturated rings. The molecule has 2 aromatic carbocycles. The molecule has 1 amide bonds. The second-order valence-corrected chi connectivity index (χ2v) is 23.9. The van der Waals surface area contributed by atoms with Crippen LogP contribution in [0.5, 0.6) is 0 Å². The van der Waals surface area contributed by atoms with Gasteiger partial charge in [0, 0.05) is 23.3 Å². The van der Waals surface area contributed by atoms with Crippen molar-refractivity contribution in [3.05, 3.63) is 64.8 Å². The fraction of sp³-hybridized carbons (Fsp3) is 0.575. The Balaban J connectivity index is 1.56. The average Bonchev–Trinajstić information content (AvgIpc) is 3.76. The van der Waals surface area contributed by atoms with E-state index in [4.69, 9.17) is 19.0 Å². The van der Waals surface area contributed by atoms with E-state index < -0.39 is 29.2 Å². The molecule has 0 N–H and O–H groups in total. The van der Waals surface area contributed by atoms with Gasteiger partial charge in [0.2, 0.25) is 5.88 Å². The van der Waals surface area contributed by atoms with Gasteiger partial charge in [-0.1, -0.05) is 87.4 Å². The molecule has 2 aliphatic rings. The Morgan fingerprint density at radius 3 is 2.37 bits per heavy atom. The Labute approximate surface area is 312 Å². The molecule has 284 valence electrons. The molecule has 1 saturated carbocycles. The highest BCUT2D eigenvalue weighted by molar-refractivity contribution is 7.93. The standard InChI is InChI=1S/C40H58N4O6SSi/c1-11-12-19-36-41-40(22-15-16-23-40)38(45)43(36)25-31-20-21-33(32(24-31)26-49-39(5,6)7)34-17-13-14-18-35(34)51(46,47)44(27-48-30(4)52(8,9)10)37-28(2)29(3)42-50-37/h13-14,17-18,20-21,24,30H,11-12,15-16,19,22-23,25-27H2,1-10H3. The molecule has 10 nitrogen and oxygen atoms in total. The summed E-state index contributed by atoms with van der Waals surface area (Å²) in [7, 11) is -5.98. The minimum atomic E-state index is -4.23. The molecular weight excluding hydrogens is 693 g/mol. The van der Waals surface area contributed by atoms with E-state index in [1.807, 2.05) is 56.9 Å². The van der Waals surface area contributed by atoms with Crippen molar-refractivity contribution >= 4 is 35.7 Å². The van der Waals surface area contributed by atoms with E-state index in [1.54, 1.807) is 26.0 Å². The molecule has 1 unspecified atom stereocenters. The van der Waals surface area contributed by atoms with Crippen molar-refractivity contribution in [2.75, 3.05) is 11.0 Å². The van der Waals surface area contributed by atoms with Crippen molar-refractivity contribution in [2.45, 2.75) is 148 Å². The van der Waals surface area contributed by atoms with Crippen molar-refractivity contribution in [1.82, 2.24) is 10.1 Å². The van der Waals surface area contributed by atoms with Gasteiger partial charge in [0.25, 0.3) is 15.9 Å². The van der Waals surface area contributed by atoms with Crippen molar-refractivity contribution in [3.63, 3.8) is 0 Å². The van der Waals surface area contributed by atoms with Crippen LogP contribution in [0.15, 0.2) is 56.9 Å². The van der Waals surface area contributed by atoms with Gasteiger partial charge >= 0.3 is 0 Å². The highest BCUT2D eigenvalue weighted by Gasteiger charge is 2.49. The number of hydrogen-bond donors (Lipinski definition) is 0. The predicted molar refractivity (Wildman–Crippen MR) is 210 cm³/mol. The van der Waals surface area contributed by atoms with E-state index in [0.717, 1.165) is 67.5 Å². The van der Waals surface area contributed by atoms with Gasteiger partial charge in [-0.2, -0.15) is 0 Å². The highest BCUT2D eigenvalue weighted by Crippen LogP contribution is 2.41. The van der Waals surface area contributed by atoms with E-state index >= 15 is 0 Å². The number of unbranched alkanes of at least 4 members (excludes halogenated alkanes) is 1. The number of amides is 1. The quantitative estimate of drug-likeness (QED) is 0.113. The molecule has 0 radical (unpaired) electrons. The lowest BCUT2D eigenvalue weighted by Gasteiger charge is -2.29. The molecule has 1 aliphatic carbocycles. The smallest absolute Gasteiger partial charge is 0.269 e. The number of aryl methyl sites for hydroxylation is 1. The Bertz CT molecular complexity index is 1890. The lowest BCUT2D eigenvalue weighted by molar-refractivity contribution is -0.131. The summed E-state index contributed by atoms with van der Waals surface area (Å²) >= 11 is 0. The largest absolute Gasteiger partial charge is 0.371 e. The third-order valence-corrected chi connectivity index (χ3v) is 14.8. The number of amidine groups is 1. The van der Waals surface area contributed by atoms with Crippen LogP contribution >= 0.6 is 0 Å². The maximum Gasteiger partial charge on any atom is 0.269 e. The first-order valence-electron chi connectivity index (χ1n) is 18.7. The lowest BCUT2D eigenvalue weighted by atomic mass is 9.96. The van der Waals surface area contributed by atoms with Crippen LogP contribution in [0, 0.1) is 13.8 Å². The molecule has 1 spiro atoms. The zero-order valence-corrected chi connectivity index (χ0v) is 34.7. The Morgan fingerprint density at radius 2 is 1.75 bits per heavy atom. The zero-order valence-electron chi connectivity index (χ0n) is 32.8. The van der Waals surface area contributed by atoms with Crippen LogP contribution < -0.4 is 4.31 Å². The summed E-state index contributed by atoms with van der Waals surface area (Å²) in [6, 6.07) is 13.0. The third-order valence-electron chi connectivity index (χ3n) is 10.4. The first kappa shape index (κ1) is 39.9. The first-order chi connectivity index (χ1) is 24.4. The number of aromatic nitrogens is 1. The minimum absolute atomic E-state index is 0.104. The molecule has 1 aliphatic heterocycles. The maximum atomic E-state index is 14.8. The number of nitrogens with zero attached hydrogens (tertiary/aromatic N) is 4. The summed E-state index contributed by atoms with van der Waals surface area (Å²) in [6.07, 6.45) is 6.42. The molecule has 5 rings (SSSR count). The number of rotatable bonds is 15. The van der Waals surface area contributed by atoms with Crippen molar-refractivity contribution in [1.29, 1.82) is 0 Å². The Hall–Kier alpha value is -3.32. The van der Waals surface area contributed by atoms with Crippen molar-refractivity contribution in [2.24, 2.45) is 4.99 Å². The van der Waals surface area contributed by atoms with Gasteiger partial charge in [0.05, 0.1) is 37.4 Å². The maximum absolute atomic E-state index is 14.8. The van der Waals surface area contributed by atoms with E-state index in [-0.39, 0.29) is 35.8 Å². The second kappa shape index (κ2) is 15.6. The van der Waals surface area contributed by atoms with Crippen molar-refractivity contribution in [3.8, 4) is 11.1 Å². The summed E-state index contributed by atoms with van der Waals surface area (Å²) in [5.74, 6) is 1.12. The van der Waals surface area contributed by atoms with Gasteiger partial charge in [-0.05, 0) is 83.6 Å². The highest BCUT2D eigenvalue weighted by atomic mass is 32.2. The molecule has 1 aromatic heterocycles. The Morgan fingerprint density at radius 1 is 1.06 bits per heavy atom. The fourth-order valence-corrected chi connectivity index (χ4v) is 8.74. The summed E-state index contributed by atoms with van der Waals surface area (Å²) in [4.78, 5) is 21.0. The number of carbonyl (C=O) groups excluding carboxylic acids is 1. The fourth-order valence-electron chi connectivity index (χ4n) is 6.64. The lowest BCUT2D eigenvalue weighted by Crippen LogP contribution is -2.42. The summed E-state index contributed by atoms with van der Waals surface area (Å²) in [5.41, 5.74) is 3.10. The van der Waals surface area contributed by atoms with Crippen LogP contribution in [0.3, 0.4) is 0 Å². The van der Waals surface area contributed by atoms with E-state index in [9.17, 15) is 13.2 Å². The van der Waals surface area contributed by atoms with Crippen LogP contribution in [0.2, 0.25) is 19.6 Å². The monoisotopic (exact) mass is 750 g/mol. The third kappa shape index (κ3) is 8.56. The van der Waals surface area contributed by atoms with Crippen LogP contribution in [0.4, 0.5) is 5.88 Å². The van der Waals surface area contributed by atoms with Crippen LogP contribution in [-0.4, -0.2) is 61.9 Å². The van der Waals surface area contributed by atoms with Crippen molar-refractivity contribution < 1.29 is 27.2 Å². The number of hydrogen-bond acceptors (Lipinski definition) is 8. The predicted octanol–water partition coefficient (Wildman–Crippen LogP) is 8.95. The van der Waals surface area contributed by atoms with Crippen LogP contribution in [0.25, 0.3) is 11.1 Å². The zero-order chi connectivity index (χ0) is 38.1.